The first-order valence-corrected chi connectivity index (χ1v) is 29.1. The van der Waals surface area contributed by atoms with Gasteiger partial charge in [-0.05, 0) is 155 Å². The molecule has 14 aromatic rings. The summed E-state index contributed by atoms with van der Waals surface area (Å²) < 4.78 is 16.9. The number of benzene rings is 10. The molecule has 0 atom stereocenters. The fourth-order valence-corrected chi connectivity index (χ4v) is 14.0. The number of hydrogen-bond donors (Lipinski definition) is 0. The zero-order chi connectivity index (χ0) is 55.7. The average molecular weight is 1060 g/mol. The minimum Gasteiger partial charge on any atom is -0.463 e. The molecule has 0 bridgehead atoms. The lowest BCUT2D eigenvalue weighted by Gasteiger charge is -2.33. The number of aromatic nitrogens is 4. The molecular formula is C76H63BN4O. The minimum absolute atomic E-state index is 0.181. The molecule has 0 amide bonds. The molecule has 0 aliphatic carbocycles. The van der Waals surface area contributed by atoms with Crippen molar-refractivity contribution < 1.29 is 4.74 Å². The van der Waals surface area contributed by atoms with Crippen LogP contribution in [0.25, 0.3) is 110 Å². The van der Waals surface area contributed by atoms with Gasteiger partial charge in [0.15, 0.2) is 0 Å². The van der Waals surface area contributed by atoms with E-state index < -0.39 is 0 Å². The second-order valence-electron chi connectivity index (χ2n) is 23.5. The normalized spacial score (nSPS) is 13.3. The van der Waals surface area contributed by atoms with Crippen LogP contribution in [0.5, 0.6) is 5.75 Å². The van der Waals surface area contributed by atoms with Crippen LogP contribution in [-0.2, 0) is 0 Å². The van der Waals surface area contributed by atoms with E-state index in [0.717, 1.165) is 67.3 Å². The van der Waals surface area contributed by atoms with Crippen LogP contribution in [0.1, 0.15) is 82.9 Å². The van der Waals surface area contributed by atoms with E-state index in [9.17, 15) is 0 Å². The summed E-state index contributed by atoms with van der Waals surface area (Å²) in [5, 5.41) is 9.79. The van der Waals surface area contributed by atoms with Crippen LogP contribution in [0.4, 0.5) is 0 Å². The third-order valence-electron chi connectivity index (χ3n) is 17.8. The zero-order valence-electron chi connectivity index (χ0n) is 47.6. The van der Waals surface area contributed by atoms with Gasteiger partial charge < -0.3 is 23.0 Å². The van der Waals surface area contributed by atoms with E-state index in [0.29, 0.717) is 5.92 Å². The largest absolute Gasteiger partial charge is 0.463 e. The maximum absolute atomic E-state index is 7.18. The topological polar surface area (TPSA) is 28.9 Å². The first-order valence-electron chi connectivity index (χ1n) is 29.1. The van der Waals surface area contributed by atoms with Crippen LogP contribution in [0, 0.1) is 0 Å². The Bertz CT molecular complexity index is 4910. The van der Waals surface area contributed by atoms with E-state index in [1.807, 2.05) is 6.08 Å². The Morgan fingerprint density at radius 2 is 0.780 bits per heavy atom. The van der Waals surface area contributed by atoms with Crippen LogP contribution in [0.3, 0.4) is 0 Å². The van der Waals surface area contributed by atoms with Crippen LogP contribution >= 0.6 is 0 Å². The van der Waals surface area contributed by atoms with Gasteiger partial charge in [0.25, 0.3) is 6.71 Å². The van der Waals surface area contributed by atoms with Gasteiger partial charge in [0.05, 0.1) is 49.9 Å². The number of nitrogens with zero attached hydrogens (tertiary/aromatic N) is 4. The SMILES string of the molecule is C=C/C(=C\C1=C(C)Oc2ccc(-n3c4ccccc4c4cc(-n5c6ccccc6c6ccccc65)ccc43)cc2B1c1c(C(C)C)cc(C(C)C)cc1C(C)C)n1c2ccccc2c2cc(-n3c4ccccc4c4ccccc43)ccc21. The molecule has 82 heavy (non-hydrogen) atoms. The van der Waals surface area contributed by atoms with Crippen molar-refractivity contribution in [2.24, 2.45) is 0 Å². The summed E-state index contributed by atoms with van der Waals surface area (Å²) in [7, 11) is 0. The van der Waals surface area contributed by atoms with Crippen LogP contribution in [-0.4, -0.2) is 25.0 Å². The second kappa shape index (κ2) is 19.1. The van der Waals surface area contributed by atoms with Crippen molar-refractivity contribution in [1.29, 1.82) is 0 Å². The van der Waals surface area contributed by atoms with Gasteiger partial charge in [0.1, 0.15) is 5.75 Å². The molecular weight excluding hydrogens is 996 g/mol. The third-order valence-corrected chi connectivity index (χ3v) is 17.8. The van der Waals surface area contributed by atoms with Gasteiger partial charge in [-0.25, -0.2) is 0 Å². The number of ether oxygens (including phenoxy) is 1. The zero-order valence-corrected chi connectivity index (χ0v) is 47.6. The molecule has 5 heterocycles. The highest BCUT2D eigenvalue weighted by molar-refractivity contribution is 6.93. The predicted molar refractivity (Wildman–Crippen MR) is 350 cm³/mol. The smallest absolute Gasteiger partial charge is 0.251 e. The molecule has 6 heteroatoms. The van der Waals surface area contributed by atoms with Gasteiger partial charge in [0.2, 0.25) is 0 Å². The van der Waals surface area contributed by atoms with E-state index in [4.69, 9.17) is 4.74 Å². The fraction of sp³-hybridized carbons (Fsp3) is 0.132. The maximum atomic E-state index is 7.18. The molecule has 0 saturated carbocycles. The number of rotatable bonds is 10. The van der Waals surface area contributed by atoms with E-state index in [1.54, 1.807) is 0 Å². The van der Waals surface area contributed by atoms with Gasteiger partial charge in [-0.2, -0.15) is 0 Å². The maximum Gasteiger partial charge on any atom is 0.251 e. The molecule has 0 N–H and O–H groups in total. The molecule has 1 aliphatic heterocycles. The summed E-state index contributed by atoms with van der Waals surface area (Å²) in [6.45, 7) is 20.7. The Hall–Kier alpha value is -9.52. The molecule has 0 spiro atoms. The Morgan fingerprint density at radius 3 is 1.23 bits per heavy atom. The van der Waals surface area contributed by atoms with Crippen LogP contribution in [0.15, 0.2) is 242 Å². The molecule has 1 aliphatic rings. The lowest BCUT2D eigenvalue weighted by atomic mass is 9.33. The van der Waals surface area contributed by atoms with Gasteiger partial charge in [-0.3, -0.25) is 0 Å². The van der Waals surface area contributed by atoms with E-state index in [2.05, 4.69) is 292 Å². The van der Waals surface area contributed by atoms with E-state index in [-0.39, 0.29) is 18.5 Å². The van der Waals surface area contributed by atoms with Crippen molar-refractivity contribution >= 4 is 111 Å². The Labute approximate surface area is 479 Å². The van der Waals surface area contributed by atoms with Gasteiger partial charge in [0, 0.05) is 65.8 Å². The first-order chi connectivity index (χ1) is 40.1. The van der Waals surface area contributed by atoms with Crippen molar-refractivity contribution in [2.75, 3.05) is 0 Å². The molecule has 0 unspecified atom stereocenters. The Kier molecular flexibility index (Phi) is 11.5. The van der Waals surface area contributed by atoms with E-state index >= 15 is 0 Å². The minimum atomic E-state index is -0.181. The van der Waals surface area contributed by atoms with Crippen molar-refractivity contribution in [1.82, 2.24) is 18.3 Å². The molecule has 0 fully saturated rings. The molecule has 0 radical (unpaired) electrons. The summed E-state index contributed by atoms with van der Waals surface area (Å²) in [6, 6.07) is 78.6. The monoisotopic (exact) mass is 1060 g/mol. The predicted octanol–water partition coefficient (Wildman–Crippen LogP) is 19.0. The summed E-state index contributed by atoms with van der Waals surface area (Å²) in [6.07, 6.45) is 4.42. The highest BCUT2D eigenvalue weighted by Crippen LogP contribution is 2.41. The summed E-state index contributed by atoms with van der Waals surface area (Å²) >= 11 is 0. The van der Waals surface area contributed by atoms with E-state index in [1.165, 1.54) is 87.3 Å². The highest BCUT2D eigenvalue weighted by atomic mass is 16.5. The summed E-state index contributed by atoms with van der Waals surface area (Å²) in [5.74, 6) is 2.65. The van der Waals surface area contributed by atoms with Crippen molar-refractivity contribution in [3.05, 3.63) is 259 Å². The molecule has 4 aromatic heterocycles. The Balaban J connectivity index is 0.944. The van der Waals surface area contributed by atoms with Crippen molar-refractivity contribution in [3.8, 4) is 22.8 Å². The molecule has 15 rings (SSSR count). The fourth-order valence-electron chi connectivity index (χ4n) is 14.0. The Morgan fingerprint density at radius 1 is 0.415 bits per heavy atom. The van der Waals surface area contributed by atoms with Crippen molar-refractivity contribution in [2.45, 2.75) is 66.2 Å². The first kappa shape index (κ1) is 49.5. The van der Waals surface area contributed by atoms with Crippen molar-refractivity contribution in [3.63, 3.8) is 0 Å². The molecule has 5 nitrogen and oxygen atoms in total. The number of hydrogen-bond acceptors (Lipinski definition) is 1. The summed E-state index contributed by atoms with van der Waals surface area (Å²) in [5.41, 5.74) is 21.4. The van der Waals surface area contributed by atoms with Gasteiger partial charge >= 0.3 is 0 Å². The third kappa shape index (κ3) is 7.47. The average Bonchev–Trinajstić information content (AvgIpc) is 2.70. The number of allylic oxidation sites excluding steroid dienone is 5. The van der Waals surface area contributed by atoms with Crippen LogP contribution in [0.2, 0.25) is 0 Å². The van der Waals surface area contributed by atoms with Gasteiger partial charge in [-0.1, -0.05) is 175 Å². The molecule has 10 aromatic carbocycles. The van der Waals surface area contributed by atoms with Gasteiger partial charge in [-0.15, -0.1) is 0 Å². The second-order valence-corrected chi connectivity index (χ2v) is 23.5. The lowest BCUT2D eigenvalue weighted by Crippen LogP contribution is -2.51. The standard InChI is InChI=1S/C76H63BN4O/c1-9-51(78-71-32-20-14-26-59(71)63-42-52(34-37-73(63)78)79-67-28-16-10-22-55(67)56-23-11-17-29-68(56)79)44-65-49(8)82-75-39-36-54(45-66(75)77(65)76-61(47(4)5)40-50(46(2)3)41-62(76)48(6)7)81-72-33-21-15-27-60(72)64-43-53(35-38-74(64)81)80-69-30-18-12-24-57(69)58-25-13-19-31-70(58)80/h9-48H,1H2,2-8H3/b51-44+. The lowest BCUT2D eigenvalue weighted by molar-refractivity contribution is 0.426. The molecule has 396 valence electrons. The summed E-state index contributed by atoms with van der Waals surface area (Å²) in [4.78, 5) is 0. The molecule has 0 saturated heterocycles. The quantitative estimate of drug-likeness (QED) is 0.0991. The number of para-hydroxylation sites is 6. The van der Waals surface area contributed by atoms with Crippen LogP contribution < -0.4 is 15.7 Å². The highest BCUT2D eigenvalue weighted by Gasteiger charge is 2.38. The number of fused-ring (bicyclic) bond motifs is 13.